The molecule has 1 atom stereocenters. The topological polar surface area (TPSA) is 41.1 Å². The predicted molar refractivity (Wildman–Crippen MR) is 72.2 cm³/mol. The largest absolute Gasteiger partial charge is 0.348 e. The number of halogens is 1. The minimum Gasteiger partial charge on any atom is -0.348 e. The highest BCUT2D eigenvalue weighted by Crippen LogP contribution is 2.19. The Labute approximate surface area is 110 Å². The highest BCUT2D eigenvalue weighted by molar-refractivity contribution is 9.10. The molecule has 2 N–H and O–H groups in total. The van der Waals surface area contributed by atoms with Gasteiger partial charge in [0.05, 0.1) is 0 Å². The molecule has 0 bridgehead atoms. The Morgan fingerprint density at radius 2 is 2.35 bits per heavy atom. The smallest absolute Gasteiger partial charge is 0.251 e. The molecule has 1 aromatic rings. The zero-order valence-electron chi connectivity index (χ0n) is 9.92. The van der Waals surface area contributed by atoms with Crippen molar-refractivity contribution in [3.8, 4) is 0 Å². The Morgan fingerprint density at radius 3 is 3.06 bits per heavy atom. The summed E-state index contributed by atoms with van der Waals surface area (Å²) in [5, 5.41) is 6.37. The van der Waals surface area contributed by atoms with Gasteiger partial charge in [-0.2, -0.15) is 0 Å². The normalized spacial score (nSPS) is 20.0. The van der Waals surface area contributed by atoms with E-state index in [-0.39, 0.29) is 11.9 Å². The van der Waals surface area contributed by atoms with Crippen molar-refractivity contribution in [3.05, 3.63) is 33.8 Å². The molecule has 3 nitrogen and oxygen atoms in total. The van der Waals surface area contributed by atoms with Crippen LogP contribution in [0.15, 0.2) is 22.7 Å². The zero-order valence-corrected chi connectivity index (χ0v) is 11.5. The average molecular weight is 297 g/mol. The minimum atomic E-state index is 0.0255. The van der Waals surface area contributed by atoms with Crippen LogP contribution in [-0.4, -0.2) is 25.0 Å². The summed E-state index contributed by atoms with van der Waals surface area (Å²) < 4.78 is 0.979. The summed E-state index contributed by atoms with van der Waals surface area (Å²) in [6.07, 6.45) is 2.19. The number of nitrogens with one attached hydrogen (secondary N) is 2. The summed E-state index contributed by atoms with van der Waals surface area (Å²) in [7, 11) is 0. The van der Waals surface area contributed by atoms with Crippen molar-refractivity contribution in [2.24, 2.45) is 0 Å². The van der Waals surface area contributed by atoms with Gasteiger partial charge in [-0.3, -0.25) is 4.79 Å². The monoisotopic (exact) mass is 296 g/mol. The quantitative estimate of drug-likeness (QED) is 0.879. The van der Waals surface area contributed by atoms with Crippen molar-refractivity contribution in [3.63, 3.8) is 0 Å². The third-order valence-corrected chi connectivity index (χ3v) is 4.00. The van der Waals surface area contributed by atoms with Gasteiger partial charge in [-0.05, 0) is 44.0 Å². The van der Waals surface area contributed by atoms with Gasteiger partial charge in [-0.25, -0.2) is 0 Å². The van der Waals surface area contributed by atoms with Crippen LogP contribution in [0.5, 0.6) is 0 Å². The highest BCUT2D eigenvalue weighted by atomic mass is 79.9. The van der Waals surface area contributed by atoms with Crippen LogP contribution in [0.4, 0.5) is 0 Å². The van der Waals surface area contributed by atoms with E-state index >= 15 is 0 Å². The van der Waals surface area contributed by atoms with Crippen molar-refractivity contribution < 1.29 is 4.79 Å². The molecule has 1 heterocycles. The van der Waals surface area contributed by atoms with Crippen LogP contribution in [0.1, 0.15) is 28.8 Å². The lowest BCUT2D eigenvalue weighted by molar-refractivity contribution is 0.0930. The van der Waals surface area contributed by atoms with Crippen LogP contribution < -0.4 is 10.6 Å². The van der Waals surface area contributed by atoms with Crippen LogP contribution in [0, 0.1) is 6.92 Å². The minimum absolute atomic E-state index is 0.0255. The van der Waals surface area contributed by atoms with Gasteiger partial charge in [0, 0.05) is 22.6 Å². The lowest BCUT2D eigenvalue weighted by atomic mass is 10.1. The van der Waals surface area contributed by atoms with Crippen LogP contribution in [0.25, 0.3) is 0 Å². The molecule has 92 valence electrons. The fourth-order valence-electron chi connectivity index (χ4n) is 2.09. The molecule has 0 spiro atoms. The number of benzene rings is 1. The fourth-order valence-corrected chi connectivity index (χ4v) is 2.46. The number of hydrogen-bond donors (Lipinski definition) is 2. The van der Waals surface area contributed by atoms with Crippen molar-refractivity contribution in [2.45, 2.75) is 25.8 Å². The molecule has 0 aromatic heterocycles. The van der Waals surface area contributed by atoms with Gasteiger partial charge in [0.15, 0.2) is 0 Å². The summed E-state index contributed by atoms with van der Waals surface area (Å²) in [4.78, 5) is 12.1. The molecule has 0 unspecified atom stereocenters. The van der Waals surface area contributed by atoms with Crippen LogP contribution in [-0.2, 0) is 0 Å². The van der Waals surface area contributed by atoms with E-state index in [1.54, 1.807) is 0 Å². The second kappa shape index (κ2) is 5.65. The highest BCUT2D eigenvalue weighted by Gasteiger charge is 2.17. The molecule has 4 heteroatoms. The van der Waals surface area contributed by atoms with Crippen molar-refractivity contribution in [2.75, 3.05) is 13.1 Å². The maximum atomic E-state index is 12.1. The number of carbonyl (C=O) groups excluding carboxylic acids is 1. The van der Waals surface area contributed by atoms with Crippen molar-refractivity contribution in [1.82, 2.24) is 10.6 Å². The maximum absolute atomic E-state index is 12.1. The first-order valence-corrected chi connectivity index (χ1v) is 6.74. The van der Waals surface area contributed by atoms with E-state index in [9.17, 15) is 4.79 Å². The first kappa shape index (κ1) is 12.6. The van der Waals surface area contributed by atoms with E-state index in [0.29, 0.717) is 0 Å². The summed E-state index contributed by atoms with van der Waals surface area (Å²) in [6, 6.07) is 5.97. The first-order chi connectivity index (χ1) is 8.18. The molecule has 0 aliphatic carbocycles. The Hall–Kier alpha value is -0.870. The second-order valence-electron chi connectivity index (χ2n) is 4.43. The van der Waals surface area contributed by atoms with E-state index < -0.39 is 0 Å². The van der Waals surface area contributed by atoms with Gasteiger partial charge in [0.2, 0.25) is 0 Å². The molecule has 1 saturated heterocycles. The SMILES string of the molecule is Cc1c(Br)cccc1C(=O)N[C@@H]1CCCNC1. The van der Waals surface area contributed by atoms with E-state index in [4.69, 9.17) is 0 Å². The molecule has 17 heavy (non-hydrogen) atoms. The Bertz CT molecular complexity index is 414. The Balaban J connectivity index is 2.06. The van der Waals surface area contributed by atoms with Crippen molar-refractivity contribution >= 4 is 21.8 Å². The predicted octanol–water partition coefficient (Wildman–Crippen LogP) is 2.24. The van der Waals surface area contributed by atoms with Crippen molar-refractivity contribution in [1.29, 1.82) is 0 Å². The lowest BCUT2D eigenvalue weighted by Gasteiger charge is -2.24. The summed E-state index contributed by atoms with van der Waals surface area (Å²) in [5.74, 6) is 0.0255. The molecule has 1 fully saturated rings. The van der Waals surface area contributed by atoms with Gasteiger partial charge >= 0.3 is 0 Å². The summed E-state index contributed by atoms with van der Waals surface area (Å²) in [6.45, 7) is 3.89. The molecule has 0 saturated carbocycles. The maximum Gasteiger partial charge on any atom is 0.251 e. The molecule has 1 amide bonds. The number of rotatable bonds is 2. The molecule has 1 aliphatic heterocycles. The number of piperidine rings is 1. The number of hydrogen-bond acceptors (Lipinski definition) is 2. The van der Waals surface area contributed by atoms with Gasteiger partial charge in [-0.1, -0.05) is 22.0 Å². The Kier molecular flexibility index (Phi) is 4.18. The fraction of sp³-hybridized carbons (Fsp3) is 0.462. The van der Waals surface area contributed by atoms with Gasteiger partial charge in [0.25, 0.3) is 5.91 Å². The van der Waals surface area contributed by atoms with Crippen LogP contribution in [0.2, 0.25) is 0 Å². The van der Waals surface area contributed by atoms with Gasteiger partial charge in [0.1, 0.15) is 0 Å². The molecular weight excluding hydrogens is 280 g/mol. The standard InChI is InChI=1S/C13H17BrN2O/c1-9-11(5-2-6-12(9)14)13(17)16-10-4-3-7-15-8-10/h2,5-6,10,15H,3-4,7-8H2,1H3,(H,16,17)/t10-/m1/s1. The molecule has 1 aromatic carbocycles. The van der Waals surface area contributed by atoms with Crippen LogP contribution >= 0.6 is 15.9 Å². The van der Waals surface area contributed by atoms with E-state index in [0.717, 1.165) is 41.5 Å². The molecule has 0 radical (unpaired) electrons. The van der Waals surface area contributed by atoms with E-state index in [1.807, 2.05) is 25.1 Å². The van der Waals surface area contributed by atoms with Gasteiger partial charge in [-0.15, -0.1) is 0 Å². The summed E-state index contributed by atoms with van der Waals surface area (Å²) in [5.41, 5.74) is 1.75. The number of carbonyl (C=O) groups is 1. The average Bonchev–Trinajstić information content (AvgIpc) is 2.34. The zero-order chi connectivity index (χ0) is 12.3. The molecular formula is C13H17BrN2O. The number of amides is 1. The third kappa shape index (κ3) is 3.07. The second-order valence-corrected chi connectivity index (χ2v) is 5.28. The lowest BCUT2D eigenvalue weighted by Crippen LogP contribution is -2.45. The molecule has 2 rings (SSSR count). The van der Waals surface area contributed by atoms with Crippen LogP contribution in [0.3, 0.4) is 0 Å². The van der Waals surface area contributed by atoms with E-state index in [1.165, 1.54) is 0 Å². The third-order valence-electron chi connectivity index (χ3n) is 3.14. The summed E-state index contributed by atoms with van der Waals surface area (Å²) >= 11 is 3.45. The Morgan fingerprint density at radius 1 is 1.53 bits per heavy atom. The molecule has 1 aliphatic rings. The van der Waals surface area contributed by atoms with E-state index in [2.05, 4.69) is 26.6 Å². The first-order valence-electron chi connectivity index (χ1n) is 5.95. The van der Waals surface area contributed by atoms with Gasteiger partial charge < -0.3 is 10.6 Å².